The summed E-state index contributed by atoms with van der Waals surface area (Å²) in [6.07, 6.45) is 1.11. The summed E-state index contributed by atoms with van der Waals surface area (Å²) in [5, 5.41) is 8.92. The van der Waals surface area contributed by atoms with Gasteiger partial charge in [-0.2, -0.15) is 11.3 Å². The van der Waals surface area contributed by atoms with Gasteiger partial charge in [-0.05, 0) is 78.4 Å². The van der Waals surface area contributed by atoms with E-state index in [4.69, 9.17) is 11.6 Å². The highest BCUT2D eigenvalue weighted by Crippen LogP contribution is 2.33. The number of hydrogen-bond acceptors (Lipinski definition) is 2. The summed E-state index contributed by atoms with van der Waals surface area (Å²) in [4.78, 5) is 0. The maximum atomic E-state index is 6.51. The second-order valence-electron chi connectivity index (χ2n) is 5.36. The van der Waals surface area contributed by atoms with Crippen molar-refractivity contribution in [2.24, 2.45) is 0 Å². The Morgan fingerprint density at radius 2 is 1.75 bits per heavy atom. The number of aryl methyl sites for hydroxylation is 3. The SMILES string of the molecule is CCCNC(c1cscc1C)c1cc(C)c(C)cc1Cl. The molecule has 0 aliphatic carbocycles. The maximum Gasteiger partial charge on any atom is 0.0602 e. The molecule has 0 fully saturated rings. The van der Waals surface area contributed by atoms with Crippen molar-refractivity contribution in [2.45, 2.75) is 40.2 Å². The van der Waals surface area contributed by atoms with E-state index < -0.39 is 0 Å². The van der Waals surface area contributed by atoms with Crippen molar-refractivity contribution in [1.82, 2.24) is 5.32 Å². The summed E-state index contributed by atoms with van der Waals surface area (Å²) in [6.45, 7) is 9.60. The van der Waals surface area contributed by atoms with Crippen LogP contribution in [0.3, 0.4) is 0 Å². The molecule has 0 aliphatic heterocycles. The van der Waals surface area contributed by atoms with Crippen molar-refractivity contribution in [3.05, 3.63) is 55.7 Å². The number of rotatable bonds is 5. The van der Waals surface area contributed by atoms with Crippen LogP contribution in [0.25, 0.3) is 0 Å². The third kappa shape index (κ3) is 3.25. The summed E-state index contributed by atoms with van der Waals surface area (Å²) in [6, 6.07) is 4.49. The molecule has 3 heteroatoms. The first-order chi connectivity index (χ1) is 9.54. The Kier molecular flexibility index (Phi) is 5.25. The van der Waals surface area contributed by atoms with E-state index in [0.717, 1.165) is 18.0 Å². The van der Waals surface area contributed by atoms with E-state index in [1.807, 2.05) is 0 Å². The Balaban J connectivity index is 2.46. The Labute approximate surface area is 131 Å². The first kappa shape index (κ1) is 15.6. The van der Waals surface area contributed by atoms with Crippen LogP contribution >= 0.6 is 22.9 Å². The van der Waals surface area contributed by atoms with E-state index in [9.17, 15) is 0 Å². The molecule has 1 N–H and O–H groups in total. The van der Waals surface area contributed by atoms with Crippen LogP contribution < -0.4 is 5.32 Å². The standard InChI is InChI=1S/C17H22ClNS/c1-5-6-19-17(15-10-20-9-13(15)4)14-7-11(2)12(3)8-16(14)18/h7-10,17,19H,5-6H2,1-4H3. The van der Waals surface area contributed by atoms with E-state index >= 15 is 0 Å². The van der Waals surface area contributed by atoms with Gasteiger partial charge in [-0.15, -0.1) is 0 Å². The van der Waals surface area contributed by atoms with Crippen LogP contribution in [0.2, 0.25) is 5.02 Å². The highest BCUT2D eigenvalue weighted by atomic mass is 35.5. The lowest BCUT2D eigenvalue weighted by atomic mass is 9.95. The minimum atomic E-state index is 0.188. The minimum Gasteiger partial charge on any atom is -0.306 e. The highest BCUT2D eigenvalue weighted by molar-refractivity contribution is 7.08. The van der Waals surface area contributed by atoms with Crippen LogP contribution in [0, 0.1) is 20.8 Å². The molecule has 108 valence electrons. The van der Waals surface area contributed by atoms with Crippen LogP contribution in [0.1, 0.15) is 47.2 Å². The van der Waals surface area contributed by atoms with E-state index in [1.165, 1.54) is 27.8 Å². The number of hydrogen-bond donors (Lipinski definition) is 1. The summed E-state index contributed by atoms with van der Waals surface area (Å²) in [5.41, 5.74) is 6.40. The molecule has 1 heterocycles. The largest absolute Gasteiger partial charge is 0.306 e. The molecule has 0 radical (unpaired) electrons. The smallest absolute Gasteiger partial charge is 0.0602 e. The normalized spacial score (nSPS) is 12.7. The van der Waals surface area contributed by atoms with Crippen LogP contribution in [-0.2, 0) is 0 Å². The van der Waals surface area contributed by atoms with Crippen molar-refractivity contribution in [1.29, 1.82) is 0 Å². The Morgan fingerprint density at radius 3 is 2.35 bits per heavy atom. The molecule has 0 bridgehead atoms. The van der Waals surface area contributed by atoms with E-state index in [1.54, 1.807) is 11.3 Å². The summed E-state index contributed by atoms with van der Waals surface area (Å²) >= 11 is 8.26. The zero-order valence-corrected chi connectivity index (χ0v) is 14.2. The second kappa shape index (κ2) is 6.75. The predicted octanol–water partition coefficient (Wildman–Crippen LogP) is 5.42. The summed E-state index contributed by atoms with van der Waals surface area (Å²) < 4.78 is 0. The molecule has 1 aromatic heterocycles. The molecule has 1 unspecified atom stereocenters. The maximum absolute atomic E-state index is 6.51. The van der Waals surface area contributed by atoms with Crippen molar-refractivity contribution < 1.29 is 0 Å². The second-order valence-corrected chi connectivity index (χ2v) is 6.51. The lowest BCUT2D eigenvalue weighted by Gasteiger charge is -2.22. The molecule has 20 heavy (non-hydrogen) atoms. The van der Waals surface area contributed by atoms with Crippen LogP contribution in [0.15, 0.2) is 22.9 Å². The number of thiophene rings is 1. The third-order valence-electron chi connectivity index (χ3n) is 3.73. The predicted molar refractivity (Wildman–Crippen MR) is 90.1 cm³/mol. The number of halogens is 1. The third-order valence-corrected chi connectivity index (χ3v) is 4.94. The summed E-state index contributed by atoms with van der Waals surface area (Å²) in [5.74, 6) is 0. The van der Waals surface area contributed by atoms with E-state index in [-0.39, 0.29) is 6.04 Å². The first-order valence-electron chi connectivity index (χ1n) is 7.07. The zero-order valence-electron chi connectivity index (χ0n) is 12.6. The minimum absolute atomic E-state index is 0.188. The summed E-state index contributed by atoms with van der Waals surface area (Å²) in [7, 11) is 0. The molecule has 0 spiro atoms. The average Bonchev–Trinajstić information content (AvgIpc) is 2.82. The molecule has 2 rings (SSSR count). The van der Waals surface area contributed by atoms with E-state index in [2.05, 4.69) is 55.9 Å². The first-order valence-corrected chi connectivity index (χ1v) is 8.39. The van der Waals surface area contributed by atoms with Crippen molar-refractivity contribution in [3.63, 3.8) is 0 Å². The van der Waals surface area contributed by atoms with Gasteiger partial charge in [0.1, 0.15) is 0 Å². The molecule has 1 nitrogen and oxygen atoms in total. The van der Waals surface area contributed by atoms with Gasteiger partial charge in [-0.25, -0.2) is 0 Å². The van der Waals surface area contributed by atoms with Gasteiger partial charge in [0.15, 0.2) is 0 Å². The van der Waals surface area contributed by atoms with Crippen molar-refractivity contribution in [3.8, 4) is 0 Å². The van der Waals surface area contributed by atoms with Crippen LogP contribution in [0.4, 0.5) is 0 Å². The van der Waals surface area contributed by atoms with E-state index in [0.29, 0.717) is 0 Å². The molecule has 2 aromatic rings. The van der Waals surface area contributed by atoms with Crippen LogP contribution in [-0.4, -0.2) is 6.54 Å². The molecule has 0 amide bonds. The molecule has 0 aliphatic rings. The zero-order chi connectivity index (χ0) is 14.7. The van der Waals surface area contributed by atoms with Gasteiger partial charge >= 0.3 is 0 Å². The molecule has 0 saturated carbocycles. The highest BCUT2D eigenvalue weighted by Gasteiger charge is 2.19. The molecule has 0 saturated heterocycles. The number of nitrogens with one attached hydrogen (secondary N) is 1. The van der Waals surface area contributed by atoms with Gasteiger partial charge in [0.25, 0.3) is 0 Å². The number of benzene rings is 1. The fraction of sp³-hybridized carbons (Fsp3) is 0.412. The van der Waals surface area contributed by atoms with Crippen LogP contribution in [0.5, 0.6) is 0 Å². The topological polar surface area (TPSA) is 12.0 Å². The quantitative estimate of drug-likeness (QED) is 0.778. The van der Waals surface area contributed by atoms with Gasteiger partial charge < -0.3 is 5.32 Å². The lowest BCUT2D eigenvalue weighted by Crippen LogP contribution is -2.24. The Hall–Kier alpha value is -0.830. The Bertz CT molecular complexity index is 589. The van der Waals surface area contributed by atoms with Gasteiger partial charge in [0.05, 0.1) is 6.04 Å². The van der Waals surface area contributed by atoms with Gasteiger partial charge in [0, 0.05) is 5.02 Å². The molecular weight excluding hydrogens is 286 g/mol. The lowest BCUT2D eigenvalue weighted by molar-refractivity contribution is 0.597. The fourth-order valence-electron chi connectivity index (χ4n) is 2.37. The van der Waals surface area contributed by atoms with Gasteiger partial charge in [-0.3, -0.25) is 0 Å². The fourth-order valence-corrected chi connectivity index (χ4v) is 3.57. The molecule has 1 atom stereocenters. The monoisotopic (exact) mass is 307 g/mol. The van der Waals surface area contributed by atoms with Crippen molar-refractivity contribution in [2.75, 3.05) is 6.54 Å². The Morgan fingerprint density at radius 1 is 1.05 bits per heavy atom. The van der Waals surface area contributed by atoms with Gasteiger partial charge in [0.2, 0.25) is 0 Å². The van der Waals surface area contributed by atoms with Crippen molar-refractivity contribution >= 4 is 22.9 Å². The molecule has 1 aromatic carbocycles. The molecular formula is C17H22ClNS. The average molecular weight is 308 g/mol. The van der Waals surface area contributed by atoms with Gasteiger partial charge in [-0.1, -0.05) is 24.6 Å².